The molecule has 1 aromatic rings. The standard InChI is InChI=1S/C20H29N5O2.HI/c1-3-21-19(22-10-11-25-18(26)13-23-20(25)27)24-14(2)16-9-8-15-6-4-5-7-17(15)12-16;/h8-9,12,14H,3-7,10-11,13H2,1-2H3,(H,23,27)(H2,21,22,24);1H. The van der Waals surface area contributed by atoms with Crippen molar-refractivity contribution in [2.24, 2.45) is 4.99 Å². The quantitative estimate of drug-likeness (QED) is 0.243. The number of guanidine groups is 1. The molecule has 8 heteroatoms. The zero-order valence-electron chi connectivity index (χ0n) is 16.6. The molecule has 0 saturated carbocycles. The molecule has 3 amide bonds. The second-order valence-electron chi connectivity index (χ2n) is 7.07. The first-order valence-corrected chi connectivity index (χ1v) is 9.83. The molecule has 1 aromatic carbocycles. The van der Waals surface area contributed by atoms with Crippen molar-refractivity contribution in [3.8, 4) is 0 Å². The molecule has 0 bridgehead atoms. The minimum Gasteiger partial charge on any atom is -0.357 e. The number of halogens is 1. The van der Waals surface area contributed by atoms with Gasteiger partial charge in [0, 0.05) is 6.54 Å². The second-order valence-corrected chi connectivity index (χ2v) is 7.07. The third-order valence-electron chi connectivity index (χ3n) is 5.10. The fraction of sp³-hybridized carbons (Fsp3) is 0.550. The molecule has 1 aliphatic carbocycles. The van der Waals surface area contributed by atoms with E-state index in [0.717, 1.165) is 13.0 Å². The first-order valence-electron chi connectivity index (χ1n) is 9.83. The highest BCUT2D eigenvalue weighted by atomic mass is 127. The van der Waals surface area contributed by atoms with Crippen molar-refractivity contribution in [1.29, 1.82) is 0 Å². The summed E-state index contributed by atoms with van der Waals surface area (Å²) in [7, 11) is 0. The van der Waals surface area contributed by atoms with Gasteiger partial charge in [0.1, 0.15) is 0 Å². The second kappa shape index (κ2) is 10.6. The van der Waals surface area contributed by atoms with Gasteiger partial charge in [0.25, 0.3) is 0 Å². The minimum absolute atomic E-state index is 0. The molecule has 1 unspecified atom stereocenters. The number of hydrogen-bond donors (Lipinski definition) is 3. The summed E-state index contributed by atoms with van der Waals surface area (Å²) in [4.78, 5) is 28.9. The van der Waals surface area contributed by atoms with Crippen LogP contribution in [-0.4, -0.2) is 49.0 Å². The Labute approximate surface area is 183 Å². The van der Waals surface area contributed by atoms with E-state index in [1.165, 1.54) is 40.9 Å². The molecule has 3 rings (SSSR count). The van der Waals surface area contributed by atoms with Gasteiger partial charge in [0.2, 0.25) is 5.91 Å². The van der Waals surface area contributed by atoms with Crippen LogP contribution in [0.4, 0.5) is 4.79 Å². The van der Waals surface area contributed by atoms with Crippen molar-refractivity contribution in [3.05, 3.63) is 34.9 Å². The highest BCUT2D eigenvalue weighted by molar-refractivity contribution is 14.0. The van der Waals surface area contributed by atoms with Gasteiger partial charge in [-0.1, -0.05) is 18.2 Å². The van der Waals surface area contributed by atoms with Crippen molar-refractivity contribution < 1.29 is 9.59 Å². The predicted molar refractivity (Wildman–Crippen MR) is 121 cm³/mol. The van der Waals surface area contributed by atoms with E-state index in [1.807, 2.05) is 6.92 Å². The maximum Gasteiger partial charge on any atom is 0.324 e. The van der Waals surface area contributed by atoms with Crippen LogP contribution < -0.4 is 16.0 Å². The first kappa shape index (κ1) is 22.4. The lowest BCUT2D eigenvalue weighted by atomic mass is 9.89. The molecule has 0 aromatic heterocycles. The predicted octanol–water partition coefficient (Wildman–Crippen LogP) is 2.35. The van der Waals surface area contributed by atoms with Crippen LogP contribution in [0.25, 0.3) is 0 Å². The Morgan fingerprint density at radius 2 is 2.00 bits per heavy atom. The molecular formula is C20H30IN5O2. The van der Waals surface area contributed by atoms with E-state index in [4.69, 9.17) is 0 Å². The van der Waals surface area contributed by atoms with Crippen LogP contribution in [0.1, 0.15) is 49.4 Å². The summed E-state index contributed by atoms with van der Waals surface area (Å²) >= 11 is 0. The number of rotatable bonds is 6. The van der Waals surface area contributed by atoms with Crippen LogP contribution in [0.5, 0.6) is 0 Å². The zero-order valence-corrected chi connectivity index (χ0v) is 18.9. The highest BCUT2D eigenvalue weighted by Gasteiger charge is 2.27. The van der Waals surface area contributed by atoms with E-state index in [-0.39, 0.29) is 55.0 Å². The van der Waals surface area contributed by atoms with E-state index >= 15 is 0 Å². The summed E-state index contributed by atoms with van der Waals surface area (Å²) in [6.45, 7) is 5.61. The van der Waals surface area contributed by atoms with E-state index in [0.29, 0.717) is 12.5 Å². The summed E-state index contributed by atoms with van der Waals surface area (Å²) in [6, 6.07) is 6.54. The molecule has 1 heterocycles. The fourth-order valence-corrected chi connectivity index (χ4v) is 3.57. The number of aryl methyl sites for hydroxylation is 2. The van der Waals surface area contributed by atoms with Gasteiger partial charge in [-0.15, -0.1) is 24.0 Å². The Balaban J connectivity index is 0.00000280. The molecule has 7 nitrogen and oxygen atoms in total. The van der Waals surface area contributed by atoms with Crippen LogP contribution in [0.2, 0.25) is 0 Å². The first-order chi connectivity index (χ1) is 13.1. The molecule has 1 aliphatic heterocycles. The van der Waals surface area contributed by atoms with E-state index in [9.17, 15) is 9.59 Å². The van der Waals surface area contributed by atoms with Crippen molar-refractivity contribution in [3.63, 3.8) is 0 Å². The molecular weight excluding hydrogens is 469 g/mol. The molecule has 1 atom stereocenters. The number of aliphatic imine (C=N–C) groups is 1. The molecule has 1 saturated heterocycles. The molecule has 0 radical (unpaired) electrons. The molecule has 2 aliphatic rings. The molecule has 154 valence electrons. The van der Waals surface area contributed by atoms with Gasteiger partial charge >= 0.3 is 6.03 Å². The molecule has 0 spiro atoms. The van der Waals surface area contributed by atoms with Gasteiger partial charge < -0.3 is 16.0 Å². The van der Waals surface area contributed by atoms with Gasteiger partial charge in [0.15, 0.2) is 5.96 Å². The van der Waals surface area contributed by atoms with E-state index in [2.05, 4.69) is 46.1 Å². The monoisotopic (exact) mass is 499 g/mol. The van der Waals surface area contributed by atoms with Crippen molar-refractivity contribution in [1.82, 2.24) is 20.9 Å². The topological polar surface area (TPSA) is 85.8 Å². The maximum absolute atomic E-state index is 11.6. The van der Waals surface area contributed by atoms with Gasteiger partial charge in [-0.25, -0.2) is 4.79 Å². The number of nitrogens with one attached hydrogen (secondary N) is 3. The van der Waals surface area contributed by atoms with Gasteiger partial charge in [0.05, 0.1) is 25.7 Å². The third kappa shape index (κ3) is 5.59. The summed E-state index contributed by atoms with van der Waals surface area (Å²) in [5, 5.41) is 9.17. The number of urea groups is 1. The normalized spacial score (nSPS) is 17.5. The molecule has 3 N–H and O–H groups in total. The SMILES string of the molecule is CCNC(=NCCN1C(=O)CNC1=O)NC(C)c1ccc2c(c1)CCCC2.I. The molecule has 28 heavy (non-hydrogen) atoms. The minimum atomic E-state index is -0.337. The Morgan fingerprint density at radius 3 is 2.68 bits per heavy atom. The zero-order chi connectivity index (χ0) is 19.2. The number of benzene rings is 1. The van der Waals surface area contributed by atoms with Crippen LogP contribution >= 0.6 is 24.0 Å². The highest BCUT2D eigenvalue weighted by Crippen LogP contribution is 2.24. The number of amides is 3. The number of carbonyl (C=O) groups excluding carboxylic acids is 2. The summed E-state index contributed by atoms with van der Waals surface area (Å²) in [5.41, 5.74) is 4.19. The third-order valence-corrected chi connectivity index (χ3v) is 5.10. The van der Waals surface area contributed by atoms with Crippen molar-refractivity contribution >= 4 is 41.9 Å². The Bertz CT molecular complexity index is 721. The summed E-state index contributed by atoms with van der Waals surface area (Å²) in [6.07, 6.45) is 4.90. The Hall–Kier alpha value is -1.84. The molecule has 1 fully saturated rings. The van der Waals surface area contributed by atoms with Crippen molar-refractivity contribution in [2.75, 3.05) is 26.2 Å². The Kier molecular flexibility index (Phi) is 8.53. The number of fused-ring (bicyclic) bond motifs is 1. The van der Waals surface area contributed by atoms with Gasteiger partial charge in [-0.05, 0) is 56.2 Å². The largest absolute Gasteiger partial charge is 0.357 e. The van der Waals surface area contributed by atoms with Crippen LogP contribution in [0.15, 0.2) is 23.2 Å². The summed E-state index contributed by atoms with van der Waals surface area (Å²) in [5.74, 6) is 0.491. The van der Waals surface area contributed by atoms with Gasteiger partial charge in [-0.2, -0.15) is 0 Å². The number of hydrogen-bond acceptors (Lipinski definition) is 3. The van der Waals surface area contributed by atoms with Crippen molar-refractivity contribution in [2.45, 2.75) is 45.6 Å². The van der Waals surface area contributed by atoms with Crippen LogP contribution in [-0.2, 0) is 17.6 Å². The lowest BCUT2D eigenvalue weighted by Crippen LogP contribution is -2.40. The average molecular weight is 499 g/mol. The Morgan fingerprint density at radius 1 is 1.25 bits per heavy atom. The maximum atomic E-state index is 11.6. The number of imide groups is 1. The van der Waals surface area contributed by atoms with E-state index in [1.54, 1.807) is 0 Å². The van der Waals surface area contributed by atoms with Crippen LogP contribution in [0.3, 0.4) is 0 Å². The summed E-state index contributed by atoms with van der Waals surface area (Å²) < 4.78 is 0. The lowest BCUT2D eigenvalue weighted by molar-refractivity contribution is -0.124. The number of carbonyl (C=O) groups is 2. The van der Waals surface area contributed by atoms with Crippen LogP contribution in [0, 0.1) is 0 Å². The lowest BCUT2D eigenvalue weighted by Gasteiger charge is -2.22. The van der Waals surface area contributed by atoms with E-state index < -0.39 is 0 Å². The van der Waals surface area contributed by atoms with Gasteiger partial charge in [-0.3, -0.25) is 14.7 Å². The number of nitrogens with zero attached hydrogens (tertiary/aromatic N) is 2. The average Bonchev–Trinajstić information content (AvgIpc) is 2.99. The fourth-order valence-electron chi connectivity index (χ4n) is 3.57. The smallest absolute Gasteiger partial charge is 0.324 e.